The van der Waals surface area contributed by atoms with E-state index in [1.165, 1.54) is 10.8 Å². The fraction of sp³-hybridized carbons (Fsp3) is 0.600. The average Bonchev–Trinajstić information content (AvgIpc) is 2.80. The first kappa shape index (κ1) is 17.2. The van der Waals surface area contributed by atoms with E-state index in [0.29, 0.717) is 28.0 Å². The fourth-order valence-electron chi connectivity index (χ4n) is 2.15. The quantitative estimate of drug-likeness (QED) is 0.400. The van der Waals surface area contributed by atoms with Crippen molar-refractivity contribution in [2.75, 3.05) is 6.16 Å². The Labute approximate surface area is 125 Å². The van der Waals surface area contributed by atoms with Crippen molar-refractivity contribution in [2.45, 2.75) is 31.4 Å². The van der Waals surface area contributed by atoms with Crippen molar-refractivity contribution in [3.05, 3.63) is 32.6 Å². The van der Waals surface area contributed by atoms with E-state index < -0.39 is 23.6 Å². The van der Waals surface area contributed by atoms with Crippen molar-refractivity contribution in [1.29, 1.82) is 0 Å². The molecule has 0 spiro atoms. The molecule has 11 heteroatoms. The third-order valence-electron chi connectivity index (χ3n) is 3.22. The number of ether oxygens (including phenoxy) is 1. The van der Waals surface area contributed by atoms with E-state index in [2.05, 4.69) is 4.98 Å². The number of rotatable bonds is 6. The number of nitrogens with one attached hydrogen (secondary N) is 1. The minimum Gasteiger partial charge on any atom is -0.390 e. The second-order valence-electron chi connectivity index (χ2n) is 4.57. The van der Waals surface area contributed by atoms with E-state index in [-0.39, 0.29) is 27.6 Å². The van der Waals surface area contributed by atoms with E-state index in [0.717, 1.165) is 0 Å². The molecule has 21 heavy (non-hydrogen) atoms. The molecule has 1 fully saturated rings. The zero-order chi connectivity index (χ0) is 15.4. The van der Waals surface area contributed by atoms with E-state index in [4.69, 9.17) is 15.4 Å². The number of aromatic nitrogens is 2. The van der Waals surface area contributed by atoms with Gasteiger partial charge >= 0.3 is 5.69 Å². The zero-order valence-electron chi connectivity index (χ0n) is 11.1. The van der Waals surface area contributed by atoms with Gasteiger partial charge < -0.3 is 20.5 Å². The molecule has 1 aromatic rings. The third-order valence-corrected chi connectivity index (χ3v) is 8.19. The van der Waals surface area contributed by atoms with Gasteiger partial charge in [-0.2, -0.15) is 0 Å². The third kappa shape index (κ3) is 4.17. The molecule has 8 nitrogen and oxygen atoms in total. The van der Waals surface area contributed by atoms with Crippen LogP contribution in [0.5, 0.6) is 0 Å². The highest BCUT2D eigenvalue weighted by molar-refractivity contribution is 8.42. The van der Waals surface area contributed by atoms with Crippen LogP contribution in [0.15, 0.2) is 15.8 Å². The largest absolute Gasteiger partial charge is 0.390 e. The summed E-state index contributed by atoms with van der Waals surface area (Å²) in [5, 5.41) is 10.0. The molecule has 0 bridgehead atoms. The van der Waals surface area contributed by atoms with Gasteiger partial charge in [0.25, 0.3) is 5.56 Å². The Bertz CT molecular complexity index is 592. The molecule has 0 aromatic carbocycles. The lowest BCUT2D eigenvalue weighted by Crippen LogP contribution is -2.34. The van der Waals surface area contributed by atoms with Crippen molar-refractivity contribution in [3.8, 4) is 0 Å². The Morgan fingerprint density at radius 3 is 2.95 bits per heavy atom. The highest BCUT2D eigenvalue weighted by Gasteiger charge is 2.35. The number of aromatic amines is 1. The number of hydrogen-bond acceptors (Lipinski definition) is 6. The van der Waals surface area contributed by atoms with Crippen LogP contribution in [0.1, 0.15) is 18.2 Å². The number of aliphatic hydroxyl groups excluding tert-OH is 1. The van der Waals surface area contributed by atoms with Crippen LogP contribution in [0, 0.1) is 0 Å². The smallest absolute Gasteiger partial charge is 0.330 e. The van der Waals surface area contributed by atoms with Gasteiger partial charge in [0.2, 0.25) is 0 Å². The van der Waals surface area contributed by atoms with Crippen LogP contribution in [0.25, 0.3) is 0 Å². The SMILES string of the molecule is NCc1cn(C2CC(O)C(CPPPO)O2)c(=O)[nH]c1=O. The van der Waals surface area contributed by atoms with Gasteiger partial charge in [0.1, 0.15) is 6.23 Å². The molecule has 0 saturated carbocycles. The molecule has 1 aromatic heterocycles. The summed E-state index contributed by atoms with van der Waals surface area (Å²) in [6.45, 7) is 0.0221. The van der Waals surface area contributed by atoms with Gasteiger partial charge in [-0.05, 0) is 14.1 Å². The second kappa shape index (κ2) is 7.89. The molecule has 2 rings (SSSR count). The number of hydrogen-bond donors (Lipinski definition) is 4. The van der Waals surface area contributed by atoms with Gasteiger partial charge in [0, 0.05) is 33.2 Å². The first-order valence-corrected chi connectivity index (χ1v) is 11.5. The van der Waals surface area contributed by atoms with E-state index in [1.54, 1.807) is 0 Å². The molecular weight excluding hydrogens is 335 g/mol. The number of nitrogens with two attached hydrogens (primary N) is 1. The van der Waals surface area contributed by atoms with Crippen molar-refractivity contribution in [3.63, 3.8) is 0 Å². The molecule has 1 saturated heterocycles. The van der Waals surface area contributed by atoms with Crippen molar-refractivity contribution >= 4 is 24.7 Å². The van der Waals surface area contributed by atoms with Crippen LogP contribution >= 0.6 is 24.7 Å². The standard InChI is InChI=1S/C10H18N3O5P3/c11-2-5-3-13(10(16)12-9(5)15)8-1-6(14)7(18-8)4-19-21-20-17/h3,6-8,14,17,19-21H,1-2,4,11H2,(H,12,15,16). The van der Waals surface area contributed by atoms with Crippen LogP contribution in [-0.2, 0) is 11.3 Å². The summed E-state index contributed by atoms with van der Waals surface area (Å²) in [6, 6.07) is 0. The summed E-state index contributed by atoms with van der Waals surface area (Å²) in [5.41, 5.74) is 4.68. The molecule has 118 valence electrons. The summed E-state index contributed by atoms with van der Waals surface area (Å²) in [4.78, 5) is 34.3. The van der Waals surface area contributed by atoms with Crippen molar-refractivity contribution in [1.82, 2.24) is 9.55 Å². The van der Waals surface area contributed by atoms with Crippen LogP contribution in [0.3, 0.4) is 0 Å². The van der Waals surface area contributed by atoms with Gasteiger partial charge in [0.05, 0.1) is 12.2 Å². The lowest BCUT2D eigenvalue weighted by molar-refractivity contribution is -0.00784. The maximum atomic E-state index is 11.8. The molecule has 0 amide bonds. The number of aliphatic hydroxyl groups is 1. The van der Waals surface area contributed by atoms with Gasteiger partial charge in [-0.1, -0.05) is 8.27 Å². The Hall–Kier alpha value is -0.190. The molecule has 0 aliphatic carbocycles. The fourth-order valence-corrected chi connectivity index (χ4v) is 5.67. The van der Waals surface area contributed by atoms with Crippen LogP contribution in [0.2, 0.25) is 0 Å². The summed E-state index contributed by atoms with van der Waals surface area (Å²) in [6.07, 6.45) is 0.720. The molecule has 5 N–H and O–H groups in total. The van der Waals surface area contributed by atoms with Crippen molar-refractivity contribution < 1.29 is 14.7 Å². The summed E-state index contributed by atoms with van der Waals surface area (Å²) in [5.74, 6) is 0. The topological polar surface area (TPSA) is 131 Å². The van der Waals surface area contributed by atoms with Gasteiger partial charge in [-0.3, -0.25) is 14.3 Å². The van der Waals surface area contributed by atoms with Gasteiger partial charge in [0.15, 0.2) is 0 Å². The summed E-state index contributed by atoms with van der Waals surface area (Å²) >= 11 is 0. The lowest BCUT2D eigenvalue weighted by atomic mass is 10.2. The Balaban J connectivity index is 2.13. The predicted molar refractivity (Wildman–Crippen MR) is 85.8 cm³/mol. The zero-order valence-corrected chi connectivity index (χ0v) is 14.1. The Morgan fingerprint density at radius 1 is 1.52 bits per heavy atom. The van der Waals surface area contributed by atoms with Crippen LogP contribution in [0.4, 0.5) is 0 Å². The molecule has 0 radical (unpaired) electrons. The molecule has 1 aliphatic rings. The van der Waals surface area contributed by atoms with Crippen molar-refractivity contribution in [2.24, 2.45) is 5.73 Å². The average molecular weight is 353 g/mol. The molecular formula is C10H18N3O5P3. The second-order valence-corrected chi connectivity index (χ2v) is 10.5. The highest BCUT2D eigenvalue weighted by Crippen LogP contribution is 2.51. The molecule has 6 unspecified atom stereocenters. The van der Waals surface area contributed by atoms with E-state index in [9.17, 15) is 14.7 Å². The number of nitrogens with zero attached hydrogens (tertiary/aromatic N) is 1. The van der Waals surface area contributed by atoms with Gasteiger partial charge in [-0.15, -0.1) is 0 Å². The molecule has 6 atom stereocenters. The summed E-state index contributed by atoms with van der Waals surface area (Å²) in [7, 11) is 0.932. The summed E-state index contributed by atoms with van der Waals surface area (Å²) < 4.78 is 6.98. The Morgan fingerprint density at radius 2 is 2.29 bits per heavy atom. The van der Waals surface area contributed by atoms with Crippen LogP contribution < -0.4 is 17.0 Å². The monoisotopic (exact) mass is 353 g/mol. The van der Waals surface area contributed by atoms with Crippen LogP contribution in [-0.4, -0.2) is 37.9 Å². The number of H-pyrrole nitrogens is 1. The first-order chi connectivity index (χ1) is 10.1. The predicted octanol–water partition coefficient (Wildman–Crippen LogP) is -0.584. The maximum absolute atomic E-state index is 11.8. The van der Waals surface area contributed by atoms with E-state index >= 15 is 0 Å². The maximum Gasteiger partial charge on any atom is 0.330 e. The molecule has 1 aliphatic heterocycles. The minimum atomic E-state index is -0.658. The Kier molecular flexibility index (Phi) is 6.45. The lowest BCUT2D eigenvalue weighted by Gasteiger charge is -2.16. The highest BCUT2D eigenvalue weighted by atomic mass is 32.4. The normalized spacial score (nSPS) is 27.1. The first-order valence-electron chi connectivity index (χ1n) is 6.31. The van der Waals surface area contributed by atoms with Gasteiger partial charge in [-0.25, -0.2) is 4.79 Å². The molecule has 2 heterocycles. The van der Waals surface area contributed by atoms with E-state index in [1.807, 2.05) is 0 Å². The minimum absolute atomic E-state index is 0.0221.